The van der Waals surface area contributed by atoms with Gasteiger partial charge in [0.2, 0.25) is 0 Å². The van der Waals surface area contributed by atoms with Gasteiger partial charge in [0.15, 0.2) is 0 Å². The average molecular weight is 589 g/mol. The number of nitrogens with one attached hydrogen (secondary N) is 1. The molecular formula is C21H14Br2Cl2N2O4. The van der Waals surface area contributed by atoms with Gasteiger partial charge in [0.05, 0.1) is 10.7 Å². The molecule has 0 aliphatic carbocycles. The van der Waals surface area contributed by atoms with Crippen molar-refractivity contribution >= 4 is 67.2 Å². The lowest BCUT2D eigenvalue weighted by atomic mass is 10.2. The molecule has 0 aliphatic rings. The first-order chi connectivity index (χ1) is 14.8. The van der Waals surface area contributed by atoms with Crippen molar-refractivity contribution in [2.24, 2.45) is 5.10 Å². The van der Waals surface area contributed by atoms with Crippen LogP contribution in [0.1, 0.15) is 5.56 Å². The number of aromatic hydroxyl groups is 1. The van der Waals surface area contributed by atoms with Crippen molar-refractivity contribution < 1.29 is 19.4 Å². The fourth-order valence-electron chi connectivity index (χ4n) is 2.31. The smallest absolute Gasteiger partial charge is 0.323 e. The number of hydrazone groups is 1. The number of hydrogen-bond acceptors (Lipinski definition) is 5. The lowest BCUT2D eigenvalue weighted by Gasteiger charge is -2.19. The van der Waals surface area contributed by atoms with Crippen LogP contribution in [0.5, 0.6) is 17.2 Å². The van der Waals surface area contributed by atoms with Gasteiger partial charge in [-0.05, 0) is 76.6 Å². The predicted molar refractivity (Wildman–Crippen MR) is 127 cm³/mol. The van der Waals surface area contributed by atoms with E-state index in [4.69, 9.17) is 32.7 Å². The van der Waals surface area contributed by atoms with Crippen LogP contribution in [0.3, 0.4) is 0 Å². The molecule has 0 unspecified atom stereocenters. The van der Waals surface area contributed by atoms with E-state index in [-0.39, 0.29) is 5.75 Å². The van der Waals surface area contributed by atoms with Crippen LogP contribution in [0, 0.1) is 0 Å². The molecule has 0 heterocycles. The molecule has 0 fully saturated rings. The van der Waals surface area contributed by atoms with Gasteiger partial charge >= 0.3 is 12.2 Å². The van der Waals surface area contributed by atoms with Crippen LogP contribution in [-0.2, 0) is 4.79 Å². The molecule has 0 aliphatic heterocycles. The number of carbonyl (C=O) groups is 1. The van der Waals surface area contributed by atoms with E-state index in [1.165, 1.54) is 6.21 Å². The van der Waals surface area contributed by atoms with E-state index in [2.05, 4.69) is 42.4 Å². The van der Waals surface area contributed by atoms with Gasteiger partial charge in [-0.15, -0.1) is 0 Å². The Morgan fingerprint density at radius 1 is 0.968 bits per heavy atom. The third-order valence-corrected chi connectivity index (χ3v) is 5.33. The minimum atomic E-state index is -1.36. The van der Waals surface area contributed by atoms with Crippen molar-refractivity contribution in [3.05, 3.63) is 85.2 Å². The topological polar surface area (TPSA) is 80.2 Å². The molecule has 0 bridgehead atoms. The second-order valence-corrected chi connectivity index (χ2v) is 8.68. The Morgan fingerprint density at radius 2 is 1.48 bits per heavy atom. The summed E-state index contributed by atoms with van der Waals surface area (Å²) in [6.45, 7) is 0. The van der Waals surface area contributed by atoms with E-state index in [1.54, 1.807) is 60.7 Å². The standard InChI is InChI=1S/C21H14Br2Cl2N2O4/c22-13-9-12(19(28)18(23)10-13)11-26-27-20(29)21(30-16-5-1-14(24)2-6-16)31-17-7-3-15(25)4-8-17/h1-11,21,28H,(H,27,29). The lowest BCUT2D eigenvalue weighted by molar-refractivity contribution is -0.140. The van der Waals surface area contributed by atoms with Crippen molar-refractivity contribution in [1.82, 2.24) is 5.43 Å². The molecule has 0 spiro atoms. The normalized spacial score (nSPS) is 11.0. The molecule has 10 heteroatoms. The first-order valence-electron chi connectivity index (χ1n) is 8.67. The first kappa shape index (κ1) is 23.4. The molecule has 0 atom stereocenters. The molecule has 2 N–H and O–H groups in total. The molecule has 1 amide bonds. The van der Waals surface area contributed by atoms with Crippen LogP contribution in [0.25, 0.3) is 0 Å². The van der Waals surface area contributed by atoms with Gasteiger partial charge in [-0.3, -0.25) is 4.79 Å². The number of phenols is 1. The SMILES string of the molecule is O=C(NN=Cc1cc(Br)cc(Br)c1O)C(Oc1ccc(Cl)cc1)Oc1ccc(Cl)cc1. The zero-order chi connectivity index (χ0) is 22.4. The molecule has 3 rings (SSSR count). The number of halogens is 4. The molecule has 0 aromatic heterocycles. The Labute approximate surface area is 205 Å². The zero-order valence-corrected chi connectivity index (χ0v) is 20.2. The van der Waals surface area contributed by atoms with Crippen LogP contribution >= 0.6 is 55.1 Å². The van der Waals surface area contributed by atoms with Crippen LogP contribution in [-0.4, -0.2) is 23.5 Å². The summed E-state index contributed by atoms with van der Waals surface area (Å²) in [6, 6.07) is 16.2. The fraction of sp³-hybridized carbons (Fsp3) is 0.0476. The highest BCUT2D eigenvalue weighted by Gasteiger charge is 2.23. The Morgan fingerprint density at radius 3 is 2.00 bits per heavy atom. The third kappa shape index (κ3) is 6.87. The van der Waals surface area contributed by atoms with Gasteiger partial charge < -0.3 is 14.6 Å². The maximum atomic E-state index is 12.7. The second-order valence-electron chi connectivity index (χ2n) is 6.04. The van der Waals surface area contributed by atoms with Gasteiger partial charge in [-0.1, -0.05) is 39.1 Å². The molecule has 0 radical (unpaired) electrons. The summed E-state index contributed by atoms with van der Waals surface area (Å²) in [5, 5.41) is 15.0. The summed E-state index contributed by atoms with van der Waals surface area (Å²) in [6.07, 6.45) is -0.0629. The van der Waals surface area contributed by atoms with E-state index >= 15 is 0 Å². The number of amides is 1. The highest BCUT2D eigenvalue weighted by atomic mass is 79.9. The van der Waals surface area contributed by atoms with Gasteiger partial charge in [0.1, 0.15) is 17.2 Å². The van der Waals surface area contributed by atoms with E-state index in [0.29, 0.717) is 31.6 Å². The average Bonchev–Trinajstić information content (AvgIpc) is 2.74. The summed E-state index contributed by atoms with van der Waals surface area (Å²) in [5.41, 5.74) is 2.73. The van der Waals surface area contributed by atoms with Crippen molar-refractivity contribution in [2.75, 3.05) is 0 Å². The highest BCUT2D eigenvalue weighted by Crippen LogP contribution is 2.30. The van der Waals surface area contributed by atoms with Crippen molar-refractivity contribution in [1.29, 1.82) is 0 Å². The monoisotopic (exact) mass is 586 g/mol. The number of nitrogens with zero attached hydrogens (tertiary/aromatic N) is 1. The molecule has 3 aromatic rings. The third-order valence-electron chi connectivity index (χ3n) is 3.76. The van der Waals surface area contributed by atoms with E-state index in [9.17, 15) is 9.90 Å². The molecule has 31 heavy (non-hydrogen) atoms. The minimum Gasteiger partial charge on any atom is -0.506 e. The molecule has 0 saturated carbocycles. The number of ether oxygens (including phenoxy) is 2. The van der Waals surface area contributed by atoms with Crippen LogP contribution in [0.4, 0.5) is 0 Å². The number of carbonyl (C=O) groups excluding carboxylic acids is 1. The molecule has 3 aromatic carbocycles. The lowest BCUT2D eigenvalue weighted by Crippen LogP contribution is -2.40. The van der Waals surface area contributed by atoms with Crippen LogP contribution in [0.15, 0.2) is 74.7 Å². The van der Waals surface area contributed by atoms with Gasteiger partial charge in [0.25, 0.3) is 0 Å². The maximum absolute atomic E-state index is 12.7. The highest BCUT2D eigenvalue weighted by molar-refractivity contribution is 9.11. The predicted octanol–water partition coefficient (Wildman–Crippen LogP) is 6.16. The zero-order valence-electron chi connectivity index (χ0n) is 15.6. The minimum absolute atomic E-state index is 0.0208. The molecule has 0 saturated heterocycles. The summed E-state index contributed by atoms with van der Waals surface area (Å²) < 4.78 is 12.5. The van der Waals surface area contributed by atoms with Crippen LogP contribution in [0.2, 0.25) is 10.0 Å². The molecule has 160 valence electrons. The molecular weight excluding hydrogens is 575 g/mol. The quantitative estimate of drug-likeness (QED) is 0.197. The molecule has 6 nitrogen and oxygen atoms in total. The Kier molecular flexibility index (Phi) is 8.20. The summed E-state index contributed by atoms with van der Waals surface area (Å²) in [5.74, 6) is 0.0504. The Bertz CT molecular complexity index is 1050. The maximum Gasteiger partial charge on any atom is 0.323 e. The Balaban J connectivity index is 1.76. The largest absolute Gasteiger partial charge is 0.506 e. The second kappa shape index (κ2) is 10.9. The summed E-state index contributed by atoms with van der Waals surface area (Å²) >= 11 is 18.3. The van der Waals surface area contributed by atoms with E-state index < -0.39 is 12.2 Å². The Hall–Kier alpha value is -2.26. The van der Waals surface area contributed by atoms with Crippen molar-refractivity contribution in [2.45, 2.75) is 6.29 Å². The van der Waals surface area contributed by atoms with Gasteiger partial charge in [-0.2, -0.15) is 5.10 Å². The van der Waals surface area contributed by atoms with E-state index in [1.807, 2.05) is 0 Å². The fourth-order valence-corrected chi connectivity index (χ4v) is 3.82. The number of phenolic OH excluding ortho intramolecular Hbond substituents is 1. The summed E-state index contributed by atoms with van der Waals surface area (Å²) in [7, 11) is 0. The van der Waals surface area contributed by atoms with Crippen molar-refractivity contribution in [3.8, 4) is 17.2 Å². The van der Waals surface area contributed by atoms with Crippen molar-refractivity contribution in [3.63, 3.8) is 0 Å². The number of benzene rings is 3. The van der Waals surface area contributed by atoms with Gasteiger partial charge in [-0.25, -0.2) is 5.43 Å². The first-order valence-corrected chi connectivity index (χ1v) is 11.0. The number of rotatable bonds is 7. The van der Waals surface area contributed by atoms with Crippen LogP contribution < -0.4 is 14.9 Å². The van der Waals surface area contributed by atoms with Gasteiger partial charge in [0, 0.05) is 20.1 Å². The van der Waals surface area contributed by atoms with E-state index in [0.717, 1.165) is 4.47 Å². The summed E-state index contributed by atoms with van der Waals surface area (Å²) in [4.78, 5) is 12.7. The number of hydrogen-bond donors (Lipinski definition) is 2.